The van der Waals surface area contributed by atoms with Crippen LogP contribution in [0.1, 0.15) is 56.2 Å². The van der Waals surface area contributed by atoms with Crippen molar-refractivity contribution in [2.24, 2.45) is 5.92 Å². The van der Waals surface area contributed by atoms with Crippen LogP contribution in [0.5, 0.6) is 11.6 Å². The van der Waals surface area contributed by atoms with Crippen molar-refractivity contribution in [2.45, 2.75) is 51.9 Å². The van der Waals surface area contributed by atoms with E-state index in [9.17, 15) is 14.4 Å². The van der Waals surface area contributed by atoms with Crippen LogP contribution >= 0.6 is 23.2 Å². The second-order valence-electron chi connectivity index (χ2n) is 8.27. The zero-order valence-electron chi connectivity index (χ0n) is 18.2. The molecule has 1 unspecified atom stereocenters. The van der Waals surface area contributed by atoms with Crippen molar-refractivity contribution in [1.82, 2.24) is 25.0 Å². The minimum atomic E-state index is -0.727. The van der Waals surface area contributed by atoms with E-state index in [0.717, 1.165) is 17.5 Å². The first kappa shape index (κ1) is 23.3. The highest BCUT2D eigenvalue weighted by atomic mass is 35.5. The summed E-state index contributed by atoms with van der Waals surface area (Å²) in [5.41, 5.74) is -0.574. The van der Waals surface area contributed by atoms with E-state index in [4.69, 9.17) is 27.9 Å². The Labute approximate surface area is 198 Å². The van der Waals surface area contributed by atoms with Gasteiger partial charge in [0, 0.05) is 11.6 Å². The van der Waals surface area contributed by atoms with Gasteiger partial charge in [-0.1, -0.05) is 49.4 Å². The van der Waals surface area contributed by atoms with Gasteiger partial charge in [0.1, 0.15) is 5.69 Å². The zero-order chi connectivity index (χ0) is 23.7. The van der Waals surface area contributed by atoms with Gasteiger partial charge in [-0.3, -0.25) is 14.6 Å². The molecule has 0 bridgehead atoms. The SMILES string of the molecule is Cc1nn(-c2cc(Cl)c(Oc3cc(C(C)C4CCCCC4)c(=O)[nH]n3)c(Cl)c2)c(=O)[nH]c1=O. The lowest BCUT2D eigenvalue weighted by molar-refractivity contribution is 0.314. The molecule has 33 heavy (non-hydrogen) atoms. The van der Waals surface area contributed by atoms with Gasteiger partial charge in [-0.05, 0) is 43.7 Å². The molecular formula is C22H23Cl2N5O4. The molecule has 174 valence electrons. The summed E-state index contributed by atoms with van der Waals surface area (Å²) in [6.45, 7) is 3.53. The average molecular weight is 492 g/mol. The monoisotopic (exact) mass is 491 g/mol. The van der Waals surface area contributed by atoms with Gasteiger partial charge in [0.25, 0.3) is 11.1 Å². The summed E-state index contributed by atoms with van der Waals surface area (Å²) in [5, 5.41) is 10.7. The van der Waals surface area contributed by atoms with Gasteiger partial charge in [-0.2, -0.15) is 9.78 Å². The van der Waals surface area contributed by atoms with Gasteiger partial charge in [0.15, 0.2) is 5.75 Å². The summed E-state index contributed by atoms with van der Waals surface area (Å²) in [4.78, 5) is 38.3. The number of aromatic amines is 2. The number of aromatic nitrogens is 5. The Hall–Kier alpha value is -2.91. The van der Waals surface area contributed by atoms with E-state index in [1.807, 2.05) is 0 Å². The third-order valence-electron chi connectivity index (χ3n) is 6.08. The fourth-order valence-corrected chi connectivity index (χ4v) is 4.76. The number of rotatable bonds is 5. The predicted octanol–water partition coefficient (Wildman–Crippen LogP) is 4.10. The van der Waals surface area contributed by atoms with Gasteiger partial charge in [0.2, 0.25) is 5.88 Å². The second kappa shape index (κ2) is 9.52. The molecule has 1 fully saturated rings. The number of hydrogen-bond donors (Lipinski definition) is 2. The molecule has 11 heteroatoms. The number of H-pyrrole nitrogens is 2. The molecule has 2 aromatic heterocycles. The van der Waals surface area contributed by atoms with Crippen LogP contribution in [0.2, 0.25) is 10.0 Å². The van der Waals surface area contributed by atoms with Crippen LogP contribution in [0.4, 0.5) is 0 Å². The highest BCUT2D eigenvalue weighted by Crippen LogP contribution is 2.39. The quantitative estimate of drug-likeness (QED) is 0.553. The largest absolute Gasteiger partial charge is 0.434 e. The third-order valence-corrected chi connectivity index (χ3v) is 6.64. The maximum Gasteiger partial charge on any atom is 0.349 e. The highest BCUT2D eigenvalue weighted by molar-refractivity contribution is 6.37. The van der Waals surface area contributed by atoms with E-state index in [1.54, 1.807) is 6.07 Å². The van der Waals surface area contributed by atoms with E-state index in [1.165, 1.54) is 38.3 Å². The fourth-order valence-electron chi connectivity index (χ4n) is 4.21. The smallest absolute Gasteiger partial charge is 0.349 e. The van der Waals surface area contributed by atoms with Crippen molar-refractivity contribution < 1.29 is 4.74 Å². The summed E-state index contributed by atoms with van der Waals surface area (Å²) in [5.74, 6) is 0.772. The molecule has 9 nitrogen and oxygen atoms in total. The summed E-state index contributed by atoms with van der Waals surface area (Å²) >= 11 is 12.8. The summed E-state index contributed by atoms with van der Waals surface area (Å²) in [6.07, 6.45) is 5.76. The first-order chi connectivity index (χ1) is 15.7. The molecule has 0 spiro atoms. The molecule has 1 aliphatic rings. The molecule has 3 aromatic rings. The van der Waals surface area contributed by atoms with E-state index in [2.05, 4.69) is 27.2 Å². The summed E-state index contributed by atoms with van der Waals surface area (Å²) < 4.78 is 6.81. The maximum absolute atomic E-state index is 12.4. The highest BCUT2D eigenvalue weighted by Gasteiger charge is 2.24. The van der Waals surface area contributed by atoms with Gasteiger partial charge in [-0.15, -0.1) is 5.10 Å². The van der Waals surface area contributed by atoms with Crippen LogP contribution < -0.4 is 21.5 Å². The van der Waals surface area contributed by atoms with E-state index >= 15 is 0 Å². The Balaban J connectivity index is 1.65. The lowest BCUT2D eigenvalue weighted by Crippen LogP contribution is -2.32. The van der Waals surface area contributed by atoms with Gasteiger partial charge in [-0.25, -0.2) is 9.89 Å². The lowest BCUT2D eigenvalue weighted by atomic mass is 9.78. The van der Waals surface area contributed by atoms with Crippen molar-refractivity contribution in [3.8, 4) is 17.3 Å². The molecule has 4 rings (SSSR count). The van der Waals surface area contributed by atoms with E-state index < -0.39 is 11.2 Å². The van der Waals surface area contributed by atoms with Crippen molar-refractivity contribution in [2.75, 3.05) is 0 Å². The molecular weight excluding hydrogens is 469 g/mol. The van der Waals surface area contributed by atoms with Gasteiger partial charge < -0.3 is 4.74 Å². The van der Waals surface area contributed by atoms with Gasteiger partial charge in [0.05, 0.1) is 15.7 Å². The van der Waals surface area contributed by atoms with Crippen LogP contribution in [-0.4, -0.2) is 25.0 Å². The van der Waals surface area contributed by atoms with Crippen LogP contribution in [0.25, 0.3) is 5.69 Å². The Kier molecular flexibility index (Phi) is 6.71. The zero-order valence-corrected chi connectivity index (χ0v) is 19.7. The number of benzene rings is 1. The molecule has 1 atom stereocenters. The fraction of sp³-hybridized carbons (Fsp3) is 0.409. The third kappa shape index (κ3) is 4.89. The second-order valence-corrected chi connectivity index (χ2v) is 9.09. The van der Waals surface area contributed by atoms with Crippen LogP contribution in [-0.2, 0) is 0 Å². The van der Waals surface area contributed by atoms with Crippen molar-refractivity contribution >= 4 is 23.2 Å². The minimum Gasteiger partial charge on any atom is -0.434 e. The van der Waals surface area contributed by atoms with Gasteiger partial charge >= 0.3 is 5.69 Å². The average Bonchev–Trinajstić information content (AvgIpc) is 2.79. The number of aryl methyl sites for hydroxylation is 1. The Morgan fingerprint density at radius 2 is 1.73 bits per heavy atom. The topological polar surface area (TPSA) is 123 Å². The summed E-state index contributed by atoms with van der Waals surface area (Å²) in [7, 11) is 0. The first-order valence-corrected chi connectivity index (χ1v) is 11.5. The maximum atomic E-state index is 12.4. The molecule has 0 amide bonds. The molecule has 0 radical (unpaired) electrons. The lowest BCUT2D eigenvalue weighted by Gasteiger charge is -2.27. The van der Waals surface area contributed by atoms with Crippen LogP contribution in [0.15, 0.2) is 32.6 Å². The number of nitrogens with zero attached hydrogens (tertiary/aromatic N) is 3. The Morgan fingerprint density at radius 1 is 1.06 bits per heavy atom. The molecule has 2 heterocycles. The molecule has 1 aromatic carbocycles. The molecule has 1 saturated carbocycles. The standard InChI is InChI=1S/C22H23Cl2N5O4/c1-11(13-6-4-3-5-7-13)15-10-18(26-27-21(15)31)33-19-16(23)8-14(9-17(19)24)29-22(32)25-20(30)12(2)28-29/h8-11,13H,3-7H2,1-2H3,(H,27,31)(H,25,30,32). The minimum absolute atomic E-state index is 0.0640. The summed E-state index contributed by atoms with van der Waals surface area (Å²) in [6, 6.07) is 4.49. The number of nitrogens with one attached hydrogen (secondary N) is 2. The van der Waals surface area contributed by atoms with Crippen molar-refractivity contribution in [3.63, 3.8) is 0 Å². The Morgan fingerprint density at radius 3 is 2.39 bits per heavy atom. The first-order valence-electron chi connectivity index (χ1n) is 10.7. The van der Waals surface area contributed by atoms with E-state index in [-0.39, 0.29) is 44.5 Å². The molecule has 2 N–H and O–H groups in total. The normalized spacial score (nSPS) is 15.4. The number of halogens is 2. The van der Waals surface area contributed by atoms with Crippen LogP contribution in [0, 0.1) is 12.8 Å². The molecule has 0 aliphatic heterocycles. The number of hydrogen-bond acceptors (Lipinski definition) is 6. The van der Waals surface area contributed by atoms with Crippen LogP contribution in [0.3, 0.4) is 0 Å². The van der Waals surface area contributed by atoms with Crippen molar-refractivity contribution in [3.05, 3.63) is 70.7 Å². The Bertz CT molecular complexity index is 1330. The van der Waals surface area contributed by atoms with E-state index in [0.29, 0.717) is 11.5 Å². The number of ether oxygens (including phenoxy) is 1. The molecule has 1 aliphatic carbocycles. The predicted molar refractivity (Wildman–Crippen MR) is 125 cm³/mol. The molecule has 0 saturated heterocycles. The van der Waals surface area contributed by atoms with Crippen molar-refractivity contribution in [1.29, 1.82) is 0 Å².